The Morgan fingerprint density at radius 1 is 1.08 bits per heavy atom. The van der Waals surface area contributed by atoms with E-state index in [-0.39, 0.29) is 0 Å². The van der Waals surface area contributed by atoms with Crippen LogP contribution in [-0.4, -0.2) is 68.9 Å². The zero-order chi connectivity index (χ0) is 17.9. The first-order valence-corrected chi connectivity index (χ1v) is 10.4. The summed E-state index contributed by atoms with van der Waals surface area (Å²) in [6.07, 6.45) is 2.29. The van der Waals surface area contributed by atoms with Crippen LogP contribution in [0.5, 0.6) is 0 Å². The second-order valence-electron chi connectivity index (χ2n) is 7.33. The highest BCUT2D eigenvalue weighted by Crippen LogP contribution is 2.28. The van der Waals surface area contributed by atoms with E-state index >= 15 is 0 Å². The largest absolute Gasteiger partial charge is 0.379 e. The van der Waals surface area contributed by atoms with E-state index in [9.17, 15) is 0 Å². The van der Waals surface area contributed by atoms with Gasteiger partial charge in [-0.2, -0.15) is 0 Å². The number of piperidine rings is 1. The molecule has 26 heavy (non-hydrogen) atoms. The molecule has 2 aliphatic heterocycles. The summed E-state index contributed by atoms with van der Waals surface area (Å²) in [5.74, 6) is 2.74. The van der Waals surface area contributed by atoms with Gasteiger partial charge in [-0.15, -0.1) is 21.5 Å². The lowest BCUT2D eigenvalue weighted by atomic mass is 9.96. The lowest BCUT2D eigenvalue weighted by Crippen LogP contribution is -2.36. The van der Waals surface area contributed by atoms with E-state index in [4.69, 9.17) is 4.74 Å². The molecule has 4 rings (SSSR count). The van der Waals surface area contributed by atoms with Gasteiger partial charge in [0.25, 0.3) is 0 Å². The number of likely N-dealkylation sites (tertiary alicyclic amines) is 1. The molecule has 2 aliphatic rings. The van der Waals surface area contributed by atoms with Crippen LogP contribution in [0.2, 0.25) is 0 Å². The maximum atomic E-state index is 5.43. The lowest BCUT2D eigenvalue weighted by molar-refractivity contribution is 0.0326. The number of morpholine rings is 1. The predicted molar refractivity (Wildman–Crippen MR) is 101 cm³/mol. The molecule has 4 heterocycles. The van der Waals surface area contributed by atoms with E-state index in [1.807, 2.05) is 0 Å². The summed E-state index contributed by atoms with van der Waals surface area (Å²) in [7, 11) is 2.12. The highest BCUT2D eigenvalue weighted by molar-refractivity contribution is 7.09. The quantitative estimate of drug-likeness (QED) is 0.793. The van der Waals surface area contributed by atoms with Gasteiger partial charge in [0.05, 0.1) is 30.5 Å². The Hall–Kier alpha value is -1.35. The van der Waals surface area contributed by atoms with Gasteiger partial charge in [0.1, 0.15) is 11.6 Å². The van der Waals surface area contributed by atoms with Crippen LogP contribution < -0.4 is 0 Å². The van der Waals surface area contributed by atoms with Crippen molar-refractivity contribution in [1.29, 1.82) is 0 Å². The molecule has 0 radical (unpaired) electrons. The van der Waals surface area contributed by atoms with Crippen LogP contribution in [0.25, 0.3) is 0 Å². The van der Waals surface area contributed by atoms with Crippen molar-refractivity contribution < 1.29 is 4.74 Å². The molecule has 0 spiro atoms. The second-order valence-corrected chi connectivity index (χ2v) is 8.39. The molecule has 7 nitrogen and oxygen atoms in total. The average Bonchev–Trinajstić information content (AvgIpc) is 3.23. The number of rotatable bonds is 5. The number of thiazole rings is 1. The molecule has 2 fully saturated rings. The smallest absolute Gasteiger partial charge is 0.146 e. The topological polar surface area (TPSA) is 59.3 Å². The summed E-state index contributed by atoms with van der Waals surface area (Å²) in [6.45, 7) is 9.73. The van der Waals surface area contributed by atoms with Crippen molar-refractivity contribution in [3.8, 4) is 0 Å². The highest BCUT2D eigenvalue weighted by Gasteiger charge is 2.26. The van der Waals surface area contributed by atoms with E-state index < -0.39 is 0 Å². The SMILES string of the molecule is Cc1nc(CN2CCC(c3nnc(CN4CCOCC4)n3C)CC2)cs1. The van der Waals surface area contributed by atoms with Crippen molar-refractivity contribution in [1.82, 2.24) is 29.5 Å². The normalized spacial score (nSPS) is 20.7. The first-order valence-electron chi connectivity index (χ1n) is 9.50. The van der Waals surface area contributed by atoms with E-state index in [2.05, 4.69) is 48.9 Å². The molecule has 0 aliphatic carbocycles. The van der Waals surface area contributed by atoms with Crippen molar-refractivity contribution >= 4 is 11.3 Å². The van der Waals surface area contributed by atoms with Crippen molar-refractivity contribution in [3.63, 3.8) is 0 Å². The third-order valence-corrected chi connectivity index (χ3v) is 6.29. The monoisotopic (exact) mass is 376 g/mol. The van der Waals surface area contributed by atoms with Crippen molar-refractivity contribution in [2.45, 2.75) is 38.8 Å². The van der Waals surface area contributed by atoms with Crippen LogP contribution in [0.4, 0.5) is 0 Å². The molecule has 0 bridgehead atoms. The fourth-order valence-corrected chi connectivity index (χ4v) is 4.49. The lowest BCUT2D eigenvalue weighted by Gasteiger charge is -2.31. The fourth-order valence-electron chi connectivity index (χ4n) is 3.89. The molecule has 0 amide bonds. The van der Waals surface area contributed by atoms with Crippen LogP contribution in [0.1, 0.15) is 41.1 Å². The molecule has 0 N–H and O–H groups in total. The van der Waals surface area contributed by atoms with Gasteiger partial charge in [-0.05, 0) is 32.9 Å². The molecule has 8 heteroatoms. The molecule has 2 aromatic heterocycles. The minimum absolute atomic E-state index is 0.513. The number of hydrogen-bond donors (Lipinski definition) is 0. The van der Waals surface area contributed by atoms with Gasteiger partial charge >= 0.3 is 0 Å². The van der Waals surface area contributed by atoms with Crippen LogP contribution >= 0.6 is 11.3 Å². The summed E-state index contributed by atoms with van der Waals surface area (Å²) in [6, 6.07) is 0. The Balaban J connectivity index is 1.32. The van der Waals surface area contributed by atoms with Crippen LogP contribution in [0.3, 0.4) is 0 Å². The van der Waals surface area contributed by atoms with Crippen LogP contribution in [0.15, 0.2) is 5.38 Å². The summed E-state index contributed by atoms with van der Waals surface area (Å²) in [5, 5.41) is 12.4. The first-order chi connectivity index (χ1) is 12.7. The van der Waals surface area contributed by atoms with Gasteiger partial charge in [-0.1, -0.05) is 0 Å². The number of ether oxygens (including phenoxy) is 1. The van der Waals surface area contributed by atoms with Gasteiger partial charge in [0.15, 0.2) is 0 Å². The van der Waals surface area contributed by atoms with Gasteiger partial charge in [0.2, 0.25) is 0 Å². The Morgan fingerprint density at radius 3 is 2.50 bits per heavy atom. The van der Waals surface area contributed by atoms with Crippen molar-refractivity contribution in [2.24, 2.45) is 7.05 Å². The molecule has 2 aromatic rings. The van der Waals surface area contributed by atoms with E-state index in [1.54, 1.807) is 11.3 Å². The van der Waals surface area contributed by atoms with E-state index in [0.717, 1.165) is 82.0 Å². The standard InChI is InChI=1S/C18H28N6OS/c1-14-19-16(13-26-14)11-23-5-3-15(4-6-23)18-21-20-17(22(18)2)12-24-7-9-25-10-8-24/h13,15H,3-12H2,1-2H3. The third kappa shape index (κ3) is 4.14. The zero-order valence-electron chi connectivity index (χ0n) is 15.7. The molecule has 2 saturated heterocycles. The molecule has 142 valence electrons. The summed E-state index contributed by atoms with van der Waals surface area (Å²) < 4.78 is 7.65. The predicted octanol–water partition coefficient (Wildman–Crippen LogP) is 1.79. The van der Waals surface area contributed by atoms with Gasteiger partial charge in [0, 0.05) is 38.0 Å². The van der Waals surface area contributed by atoms with Gasteiger partial charge in [-0.25, -0.2) is 4.98 Å². The fraction of sp³-hybridized carbons (Fsp3) is 0.722. The number of hydrogen-bond acceptors (Lipinski definition) is 7. The Labute approximate surface area is 159 Å². The highest BCUT2D eigenvalue weighted by atomic mass is 32.1. The van der Waals surface area contributed by atoms with E-state index in [0.29, 0.717) is 5.92 Å². The zero-order valence-corrected chi connectivity index (χ0v) is 16.5. The Kier molecular flexibility index (Phi) is 5.63. The number of nitrogens with zero attached hydrogens (tertiary/aromatic N) is 6. The molecular formula is C18H28N6OS. The maximum Gasteiger partial charge on any atom is 0.146 e. The minimum atomic E-state index is 0.513. The molecular weight excluding hydrogens is 348 g/mol. The summed E-state index contributed by atoms with van der Waals surface area (Å²) >= 11 is 1.74. The van der Waals surface area contributed by atoms with Crippen LogP contribution in [0, 0.1) is 6.92 Å². The second kappa shape index (κ2) is 8.12. The summed E-state index contributed by atoms with van der Waals surface area (Å²) in [5.41, 5.74) is 1.21. The minimum Gasteiger partial charge on any atom is -0.379 e. The van der Waals surface area contributed by atoms with E-state index in [1.165, 1.54) is 5.69 Å². The number of aromatic nitrogens is 4. The van der Waals surface area contributed by atoms with Crippen LogP contribution in [-0.2, 0) is 24.9 Å². The third-order valence-electron chi connectivity index (χ3n) is 5.47. The Morgan fingerprint density at radius 2 is 1.81 bits per heavy atom. The van der Waals surface area contributed by atoms with Gasteiger partial charge < -0.3 is 9.30 Å². The number of aryl methyl sites for hydroxylation is 1. The van der Waals surface area contributed by atoms with Crippen molar-refractivity contribution in [2.75, 3.05) is 39.4 Å². The summed E-state index contributed by atoms with van der Waals surface area (Å²) in [4.78, 5) is 9.50. The first kappa shape index (κ1) is 18.0. The maximum absolute atomic E-state index is 5.43. The van der Waals surface area contributed by atoms with Crippen molar-refractivity contribution in [3.05, 3.63) is 27.7 Å². The Bertz CT molecular complexity index is 715. The molecule has 0 aromatic carbocycles. The molecule has 0 saturated carbocycles. The molecule has 0 unspecified atom stereocenters. The average molecular weight is 377 g/mol. The van der Waals surface area contributed by atoms with Gasteiger partial charge in [-0.3, -0.25) is 9.80 Å². The molecule has 0 atom stereocenters.